The summed E-state index contributed by atoms with van der Waals surface area (Å²) in [6.45, 7) is 4.36. The molecule has 0 N–H and O–H groups in total. The lowest BCUT2D eigenvalue weighted by Crippen LogP contribution is -2.19. The van der Waals surface area contributed by atoms with Gasteiger partial charge < -0.3 is 4.90 Å². The highest BCUT2D eigenvalue weighted by atomic mass is 79.9. The molecule has 1 aromatic carbocycles. The van der Waals surface area contributed by atoms with Crippen molar-refractivity contribution in [2.75, 3.05) is 18.0 Å². The van der Waals surface area contributed by atoms with E-state index in [1.807, 2.05) is 12.1 Å². The summed E-state index contributed by atoms with van der Waals surface area (Å²) in [7, 11) is 0. The molecule has 1 atom stereocenters. The van der Waals surface area contributed by atoms with Crippen molar-refractivity contribution in [1.29, 1.82) is 0 Å². The van der Waals surface area contributed by atoms with Gasteiger partial charge in [0.15, 0.2) is 0 Å². The van der Waals surface area contributed by atoms with Crippen LogP contribution < -0.4 is 4.90 Å². The average molecular weight is 327 g/mol. The van der Waals surface area contributed by atoms with E-state index >= 15 is 0 Å². The van der Waals surface area contributed by atoms with Crippen LogP contribution in [0.1, 0.15) is 31.7 Å². The minimum atomic E-state index is -0.315. The van der Waals surface area contributed by atoms with Gasteiger partial charge in [-0.05, 0) is 30.9 Å². The molecule has 0 amide bonds. The maximum atomic E-state index is 10.9. The SMILES string of the molecule is CCCC1CCN(c2ccc([N+](=O)[O-])c(CBr)c2)C1. The van der Waals surface area contributed by atoms with Crippen LogP contribution in [-0.2, 0) is 5.33 Å². The summed E-state index contributed by atoms with van der Waals surface area (Å²) in [5.74, 6) is 0.771. The van der Waals surface area contributed by atoms with Gasteiger partial charge in [0.05, 0.1) is 4.92 Å². The number of nitro benzene ring substituents is 1. The van der Waals surface area contributed by atoms with Crippen molar-refractivity contribution in [3.05, 3.63) is 33.9 Å². The van der Waals surface area contributed by atoms with Crippen molar-refractivity contribution in [2.24, 2.45) is 5.92 Å². The summed E-state index contributed by atoms with van der Waals surface area (Å²) >= 11 is 3.33. The minimum Gasteiger partial charge on any atom is -0.371 e. The lowest BCUT2D eigenvalue weighted by molar-refractivity contribution is -0.385. The Labute approximate surface area is 122 Å². The van der Waals surface area contributed by atoms with E-state index in [-0.39, 0.29) is 10.6 Å². The highest BCUT2D eigenvalue weighted by Gasteiger charge is 2.23. The van der Waals surface area contributed by atoms with Gasteiger partial charge in [-0.2, -0.15) is 0 Å². The summed E-state index contributed by atoms with van der Waals surface area (Å²) < 4.78 is 0. The fourth-order valence-electron chi connectivity index (χ4n) is 2.76. The molecule has 0 bridgehead atoms. The first-order valence-electron chi connectivity index (χ1n) is 6.74. The molecule has 0 spiro atoms. The highest BCUT2D eigenvalue weighted by molar-refractivity contribution is 9.08. The van der Waals surface area contributed by atoms with Crippen molar-refractivity contribution in [2.45, 2.75) is 31.5 Å². The summed E-state index contributed by atoms with van der Waals surface area (Å²) in [6.07, 6.45) is 3.73. The van der Waals surface area contributed by atoms with Crippen LogP contribution in [0.25, 0.3) is 0 Å². The Kier molecular flexibility index (Phi) is 4.80. The van der Waals surface area contributed by atoms with Crippen LogP contribution in [0.2, 0.25) is 0 Å². The molecular formula is C14H19BrN2O2. The van der Waals surface area contributed by atoms with Gasteiger partial charge >= 0.3 is 0 Å². The second-order valence-electron chi connectivity index (χ2n) is 5.09. The third kappa shape index (κ3) is 3.26. The quantitative estimate of drug-likeness (QED) is 0.464. The third-order valence-electron chi connectivity index (χ3n) is 3.75. The Balaban J connectivity index is 2.16. The Morgan fingerprint density at radius 2 is 2.32 bits per heavy atom. The monoisotopic (exact) mass is 326 g/mol. The highest BCUT2D eigenvalue weighted by Crippen LogP contribution is 2.31. The predicted octanol–water partition coefficient (Wildman–Crippen LogP) is 4.12. The molecule has 1 aromatic rings. The normalized spacial score (nSPS) is 18.8. The van der Waals surface area contributed by atoms with Gasteiger partial charge in [-0.3, -0.25) is 10.1 Å². The maximum absolute atomic E-state index is 10.9. The minimum absolute atomic E-state index is 0.199. The maximum Gasteiger partial charge on any atom is 0.273 e. The predicted molar refractivity (Wildman–Crippen MR) is 81.0 cm³/mol. The molecule has 2 rings (SSSR count). The molecule has 1 unspecified atom stereocenters. The van der Waals surface area contributed by atoms with Gasteiger partial charge in [-0.25, -0.2) is 0 Å². The zero-order valence-corrected chi connectivity index (χ0v) is 12.7. The molecule has 1 aliphatic heterocycles. The van der Waals surface area contributed by atoms with Crippen LogP contribution >= 0.6 is 15.9 Å². The van der Waals surface area contributed by atoms with E-state index < -0.39 is 0 Å². The molecular weight excluding hydrogens is 308 g/mol. The van der Waals surface area contributed by atoms with Crippen molar-refractivity contribution >= 4 is 27.3 Å². The fraction of sp³-hybridized carbons (Fsp3) is 0.571. The van der Waals surface area contributed by atoms with E-state index in [4.69, 9.17) is 0 Å². The van der Waals surface area contributed by atoms with Gasteiger partial charge in [0.2, 0.25) is 0 Å². The molecule has 5 heteroatoms. The Morgan fingerprint density at radius 1 is 1.53 bits per heavy atom. The number of alkyl halides is 1. The molecule has 1 aliphatic rings. The second kappa shape index (κ2) is 6.37. The van der Waals surface area contributed by atoms with Crippen molar-refractivity contribution < 1.29 is 4.92 Å². The summed E-state index contributed by atoms with van der Waals surface area (Å²) in [6, 6.07) is 5.44. The number of nitro groups is 1. The molecule has 104 valence electrons. The van der Waals surface area contributed by atoms with Gasteiger partial charge in [-0.15, -0.1) is 0 Å². The number of benzene rings is 1. The molecule has 0 aliphatic carbocycles. The van der Waals surface area contributed by atoms with Crippen LogP contribution in [0, 0.1) is 16.0 Å². The van der Waals surface area contributed by atoms with Crippen molar-refractivity contribution in [3.8, 4) is 0 Å². The Bertz CT molecular complexity index is 465. The summed E-state index contributed by atoms with van der Waals surface area (Å²) in [4.78, 5) is 12.9. The van der Waals surface area contributed by atoms with E-state index in [0.717, 1.165) is 30.3 Å². The van der Waals surface area contributed by atoms with Gasteiger partial charge in [-0.1, -0.05) is 29.3 Å². The van der Waals surface area contributed by atoms with Crippen LogP contribution in [0.5, 0.6) is 0 Å². The molecule has 0 radical (unpaired) electrons. The lowest BCUT2D eigenvalue weighted by Gasteiger charge is -2.19. The van der Waals surface area contributed by atoms with E-state index in [2.05, 4.69) is 27.8 Å². The smallest absolute Gasteiger partial charge is 0.273 e. The Morgan fingerprint density at radius 3 is 2.95 bits per heavy atom. The van der Waals surface area contributed by atoms with Crippen LogP contribution in [-0.4, -0.2) is 18.0 Å². The first-order chi connectivity index (χ1) is 9.15. The molecule has 0 saturated carbocycles. The number of halogens is 1. The van der Waals surface area contributed by atoms with Gasteiger partial charge in [0, 0.05) is 35.7 Å². The standard InChI is InChI=1S/C14H19BrN2O2/c1-2-3-11-6-7-16(10-11)13-4-5-14(17(18)19)12(8-13)9-15/h4-5,8,11H,2-3,6-7,9-10H2,1H3. The van der Waals surface area contributed by atoms with E-state index in [1.165, 1.54) is 19.3 Å². The van der Waals surface area contributed by atoms with E-state index in [0.29, 0.717) is 5.33 Å². The van der Waals surface area contributed by atoms with Crippen molar-refractivity contribution in [3.63, 3.8) is 0 Å². The van der Waals surface area contributed by atoms with Gasteiger partial charge in [0.1, 0.15) is 0 Å². The molecule has 1 fully saturated rings. The van der Waals surface area contributed by atoms with Gasteiger partial charge in [0.25, 0.3) is 5.69 Å². The number of nitrogens with zero attached hydrogens (tertiary/aromatic N) is 2. The zero-order chi connectivity index (χ0) is 13.8. The van der Waals surface area contributed by atoms with Crippen molar-refractivity contribution in [1.82, 2.24) is 0 Å². The second-order valence-corrected chi connectivity index (χ2v) is 5.65. The fourth-order valence-corrected chi connectivity index (χ4v) is 3.21. The first kappa shape index (κ1) is 14.3. The summed E-state index contributed by atoms with van der Waals surface area (Å²) in [5.41, 5.74) is 2.06. The zero-order valence-electron chi connectivity index (χ0n) is 11.1. The number of hydrogen-bond acceptors (Lipinski definition) is 3. The first-order valence-corrected chi connectivity index (χ1v) is 7.86. The Hall–Kier alpha value is -1.10. The summed E-state index contributed by atoms with van der Waals surface area (Å²) in [5, 5.41) is 11.4. The number of rotatable bonds is 5. The average Bonchev–Trinajstić information content (AvgIpc) is 2.87. The van der Waals surface area contributed by atoms with E-state index in [1.54, 1.807) is 6.07 Å². The number of hydrogen-bond donors (Lipinski definition) is 0. The lowest BCUT2D eigenvalue weighted by atomic mass is 10.0. The van der Waals surface area contributed by atoms with Crippen LogP contribution in [0.15, 0.2) is 18.2 Å². The van der Waals surface area contributed by atoms with Crippen LogP contribution in [0.4, 0.5) is 11.4 Å². The van der Waals surface area contributed by atoms with E-state index in [9.17, 15) is 10.1 Å². The largest absolute Gasteiger partial charge is 0.371 e. The molecule has 0 aromatic heterocycles. The molecule has 19 heavy (non-hydrogen) atoms. The third-order valence-corrected chi connectivity index (χ3v) is 4.36. The number of anilines is 1. The van der Waals surface area contributed by atoms with Crippen LogP contribution in [0.3, 0.4) is 0 Å². The topological polar surface area (TPSA) is 46.4 Å². The molecule has 4 nitrogen and oxygen atoms in total. The molecule has 1 heterocycles. The molecule has 1 saturated heterocycles.